The van der Waals surface area contributed by atoms with Crippen molar-refractivity contribution in [1.82, 2.24) is 9.88 Å². The summed E-state index contributed by atoms with van der Waals surface area (Å²) >= 11 is 0. The van der Waals surface area contributed by atoms with Crippen molar-refractivity contribution in [3.8, 4) is 0 Å². The molecule has 0 aliphatic carbocycles. The van der Waals surface area contributed by atoms with Crippen LogP contribution in [-0.4, -0.2) is 53.0 Å². The number of nitrogens with zero attached hydrogens (tertiary/aromatic N) is 3. The molecule has 2 amide bonds. The number of carbonyl (C=O) groups is 2. The molecule has 3 heterocycles. The SMILES string of the molecule is Cc1cccc(C(=O)N2CCC3(CC2)CN(c2ccccc2)C(=O)C(F)(F)O3)n1. The van der Waals surface area contributed by atoms with E-state index in [9.17, 15) is 18.4 Å². The Kier molecular flexibility index (Phi) is 4.82. The van der Waals surface area contributed by atoms with Crippen molar-refractivity contribution in [2.75, 3.05) is 24.5 Å². The normalized spacial score (nSPS) is 20.7. The molecular formula is C21H21F2N3O3. The van der Waals surface area contributed by atoms with Gasteiger partial charge in [-0.2, -0.15) is 8.78 Å². The number of halogens is 2. The van der Waals surface area contributed by atoms with Gasteiger partial charge in [0.1, 0.15) is 5.69 Å². The molecule has 2 aliphatic heterocycles. The number of alkyl halides is 2. The van der Waals surface area contributed by atoms with Crippen molar-refractivity contribution in [2.24, 2.45) is 0 Å². The average molecular weight is 401 g/mol. The van der Waals surface area contributed by atoms with Crippen LogP contribution in [-0.2, 0) is 9.53 Å². The van der Waals surface area contributed by atoms with E-state index in [1.165, 1.54) is 0 Å². The number of likely N-dealkylation sites (tertiary alicyclic amines) is 1. The van der Waals surface area contributed by atoms with Gasteiger partial charge in [0.2, 0.25) is 0 Å². The van der Waals surface area contributed by atoms with Crippen LogP contribution in [0.2, 0.25) is 0 Å². The number of carbonyl (C=O) groups excluding carboxylic acids is 2. The van der Waals surface area contributed by atoms with Crippen LogP contribution in [0.15, 0.2) is 48.5 Å². The molecule has 1 aromatic heterocycles. The quantitative estimate of drug-likeness (QED) is 0.776. The van der Waals surface area contributed by atoms with E-state index in [1.54, 1.807) is 60.4 Å². The fourth-order valence-corrected chi connectivity index (χ4v) is 3.88. The van der Waals surface area contributed by atoms with E-state index >= 15 is 0 Å². The Hall–Kier alpha value is -2.87. The highest BCUT2D eigenvalue weighted by Gasteiger charge is 2.57. The summed E-state index contributed by atoms with van der Waals surface area (Å²) in [6, 6.07) is 13.6. The zero-order valence-electron chi connectivity index (χ0n) is 16.0. The summed E-state index contributed by atoms with van der Waals surface area (Å²) in [6.07, 6.45) is -3.49. The number of aromatic nitrogens is 1. The van der Waals surface area contributed by atoms with Crippen LogP contribution in [0.3, 0.4) is 0 Å². The number of piperidine rings is 1. The number of pyridine rings is 1. The molecule has 2 aliphatic rings. The Morgan fingerprint density at radius 1 is 1.07 bits per heavy atom. The van der Waals surface area contributed by atoms with Gasteiger partial charge >= 0.3 is 12.0 Å². The van der Waals surface area contributed by atoms with Crippen LogP contribution in [0, 0.1) is 6.92 Å². The maximum absolute atomic E-state index is 14.4. The van der Waals surface area contributed by atoms with Crippen molar-refractivity contribution >= 4 is 17.5 Å². The van der Waals surface area contributed by atoms with Crippen molar-refractivity contribution in [3.63, 3.8) is 0 Å². The van der Waals surface area contributed by atoms with Crippen LogP contribution in [0.25, 0.3) is 0 Å². The minimum absolute atomic E-state index is 0.0240. The molecule has 8 heteroatoms. The van der Waals surface area contributed by atoms with Gasteiger partial charge in [0.15, 0.2) is 0 Å². The van der Waals surface area contributed by atoms with Crippen LogP contribution < -0.4 is 4.90 Å². The highest BCUT2D eigenvalue weighted by Crippen LogP contribution is 2.40. The van der Waals surface area contributed by atoms with E-state index in [-0.39, 0.29) is 38.4 Å². The minimum Gasteiger partial charge on any atom is -0.337 e. The first-order chi connectivity index (χ1) is 13.8. The average Bonchev–Trinajstić information content (AvgIpc) is 2.71. The Morgan fingerprint density at radius 2 is 1.76 bits per heavy atom. The number of anilines is 1. The fraction of sp³-hybridized carbons (Fsp3) is 0.381. The first-order valence-corrected chi connectivity index (χ1v) is 9.48. The number of aryl methyl sites for hydroxylation is 1. The number of morpholine rings is 1. The molecule has 29 heavy (non-hydrogen) atoms. The molecule has 1 aromatic carbocycles. The second-order valence-electron chi connectivity index (χ2n) is 7.49. The van der Waals surface area contributed by atoms with E-state index < -0.39 is 17.6 Å². The Morgan fingerprint density at radius 3 is 2.41 bits per heavy atom. The second-order valence-corrected chi connectivity index (χ2v) is 7.49. The molecule has 2 saturated heterocycles. The summed E-state index contributed by atoms with van der Waals surface area (Å²) in [5.74, 6) is -1.60. The third-order valence-corrected chi connectivity index (χ3v) is 5.42. The molecular weight excluding hydrogens is 380 g/mol. The van der Waals surface area contributed by atoms with Crippen LogP contribution in [0.1, 0.15) is 29.0 Å². The van der Waals surface area contributed by atoms with Gasteiger partial charge < -0.3 is 14.5 Å². The Balaban J connectivity index is 1.52. The Labute approximate surface area is 167 Å². The maximum atomic E-state index is 14.4. The molecule has 0 saturated carbocycles. The topological polar surface area (TPSA) is 62.7 Å². The summed E-state index contributed by atoms with van der Waals surface area (Å²) in [6.45, 7) is 2.33. The lowest BCUT2D eigenvalue weighted by Crippen LogP contribution is -2.65. The van der Waals surface area contributed by atoms with Gasteiger partial charge in [-0.15, -0.1) is 0 Å². The van der Waals surface area contributed by atoms with Crippen molar-refractivity contribution in [2.45, 2.75) is 31.5 Å². The highest BCUT2D eigenvalue weighted by molar-refractivity contribution is 5.98. The van der Waals surface area contributed by atoms with E-state index in [2.05, 4.69) is 4.98 Å². The number of amides is 2. The van der Waals surface area contributed by atoms with Gasteiger partial charge in [0, 0.05) is 24.5 Å². The number of rotatable bonds is 2. The van der Waals surface area contributed by atoms with Gasteiger partial charge in [-0.3, -0.25) is 9.59 Å². The summed E-state index contributed by atoms with van der Waals surface area (Å²) in [4.78, 5) is 31.9. The van der Waals surface area contributed by atoms with Crippen LogP contribution in [0.4, 0.5) is 14.5 Å². The molecule has 0 atom stereocenters. The van der Waals surface area contributed by atoms with Gasteiger partial charge in [-0.25, -0.2) is 4.98 Å². The lowest BCUT2D eigenvalue weighted by molar-refractivity contribution is -0.292. The first kappa shape index (κ1) is 19.4. The van der Waals surface area contributed by atoms with Gasteiger partial charge in [0.05, 0.1) is 12.1 Å². The van der Waals surface area contributed by atoms with E-state index in [1.807, 2.05) is 0 Å². The van der Waals surface area contributed by atoms with E-state index in [4.69, 9.17) is 4.74 Å². The maximum Gasteiger partial charge on any atom is 0.437 e. The Bertz CT molecular complexity index is 928. The third kappa shape index (κ3) is 3.72. The molecule has 1 spiro atoms. The first-order valence-electron chi connectivity index (χ1n) is 9.48. The van der Waals surface area contributed by atoms with Gasteiger partial charge in [-0.1, -0.05) is 24.3 Å². The van der Waals surface area contributed by atoms with E-state index in [0.29, 0.717) is 11.4 Å². The van der Waals surface area contributed by atoms with E-state index in [0.717, 1.165) is 10.6 Å². The molecule has 6 nitrogen and oxygen atoms in total. The summed E-state index contributed by atoms with van der Waals surface area (Å²) in [5, 5.41) is 0. The predicted octanol–water partition coefficient (Wildman–Crippen LogP) is 3.02. The highest BCUT2D eigenvalue weighted by atomic mass is 19.3. The van der Waals surface area contributed by atoms with Crippen molar-refractivity contribution < 1.29 is 23.1 Å². The third-order valence-electron chi connectivity index (χ3n) is 5.42. The molecule has 152 valence electrons. The smallest absolute Gasteiger partial charge is 0.337 e. The summed E-state index contributed by atoms with van der Waals surface area (Å²) in [5.41, 5.74) is 0.264. The zero-order valence-corrected chi connectivity index (χ0v) is 16.0. The number of para-hydroxylation sites is 1. The van der Waals surface area contributed by atoms with Crippen molar-refractivity contribution in [1.29, 1.82) is 0 Å². The standard InChI is InChI=1S/C21H21F2N3O3/c1-15-6-5-9-17(24-15)18(27)25-12-10-20(11-13-25)14-26(16-7-3-2-4-8-16)19(28)21(22,23)29-20/h2-9H,10-14H2,1H3. The number of hydrogen-bond acceptors (Lipinski definition) is 4. The largest absolute Gasteiger partial charge is 0.437 e. The zero-order chi connectivity index (χ0) is 20.6. The fourth-order valence-electron chi connectivity index (χ4n) is 3.88. The molecule has 0 radical (unpaired) electrons. The number of benzene rings is 1. The molecule has 0 unspecified atom stereocenters. The predicted molar refractivity (Wildman–Crippen MR) is 102 cm³/mol. The molecule has 0 bridgehead atoms. The van der Waals surface area contributed by atoms with Gasteiger partial charge in [-0.05, 0) is 44.0 Å². The lowest BCUT2D eigenvalue weighted by atomic mass is 9.88. The molecule has 2 fully saturated rings. The number of ether oxygens (including phenoxy) is 1. The lowest BCUT2D eigenvalue weighted by Gasteiger charge is -2.48. The molecule has 4 rings (SSSR count). The van der Waals surface area contributed by atoms with Crippen LogP contribution in [0.5, 0.6) is 0 Å². The monoisotopic (exact) mass is 401 g/mol. The molecule has 2 aromatic rings. The molecule has 0 N–H and O–H groups in total. The van der Waals surface area contributed by atoms with Gasteiger partial charge in [0.25, 0.3) is 5.91 Å². The van der Waals surface area contributed by atoms with Crippen molar-refractivity contribution in [3.05, 3.63) is 59.9 Å². The summed E-state index contributed by atoms with van der Waals surface area (Å²) in [7, 11) is 0. The minimum atomic E-state index is -3.90. The second kappa shape index (κ2) is 7.18. The van der Waals surface area contributed by atoms with Crippen LogP contribution >= 0.6 is 0 Å². The summed E-state index contributed by atoms with van der Waals surface area (Å²) < 4.78 is 33.9. The number of hydrogen-bond donors (Lipinski definition) is 0.